The van der Waals surface area contributed by atoms with Gasteiger partial charge in [-0.25, -0.2) is 0 Å². The van der Waals surface area contributed by atoms with Crippen molar-refractivity contribution < 1.29 is 14.5 Å². The molecular weight excluding hydrogens is 368 g/mol. The molecule has 1 amide bonds. The molecule has 2 aromatic rings. The fourth-order valence-corrected chi connectivity index (χ4v) is 3.67. The first-order valence-electron chi connectivity index (χ1n) is 8.92. The number of ether oxygens (including phenoxy) is 1. The number of rotatable bonds is 5. The molecule has 1 aliphatic heterocycles. The van der Waals surface area contributed by atoms with Crippen LogP contribution in [-0.4, -0.2) is 16.4 Å². The van der Waals surface area contributed by atoms with Crippen LogP contribution in [0.5, 0.6) is 5.75 Å². The van der Waals surface area contributed by atoms with E-state index >= 15 is 0 Å². The summed E-state index contributed by atoms with van der Waals surface area (Å²) >= 11 is 6.12. The van der Waals surface area contributed by atoms with Gasteiger partial charge < -0.3 is 10.1 Å². The van der Waals surface area contributed by atoms with Crippen LogP contribution >= 0.6 is 11.6 Å². The van der Waals surface area contributed by atoms with Crippen LogP contribution in [-0.2, 0) is 0 Å². The lowest BCUT2D eigenvalue weighted by Crippen LogP contribution is -2.44. The maximum absolute atomic E-state index is 12.8. The Balaban J connectivity index is 1.93. The van der Waals surface area contributed by atoms with Crippen LogP contribution in [0, 0.1) is 10.1 Å². The van der Waals surface area contributed by atoms with Gasteiger partial charge in [-0.15, -0.1) is 0 Å². The van der Waals surface area contributed by atoms with Gasteiger partial charge in [0.25, 0.3) is 11.6 Å². The van der Waals surface area contributed by atoms with E-state index in [2.05, 4.69) is 19.2 Å². The zero-order chi connectivity index (χ0) is 19.6. The van der Waals surface area contributed by atoms with Crippen molar-refractivity contribution in [3.63, 3.8) is 0 Å². The Hall–Kier alpha value is -2.60. The summed E-state index contributed by atoms with van der Waals surface area (Å²) in [7, 11) is 0. The van der Waals surface area contributed by atoms with Crippen molar-refractivity contribution in [2.24, 2.45) is 0 Å². The average molecular weight is 389 g/mol. The third-order valence-electron chi connectivity index (χ3n) is 5.20. The average Bonchev–Trinajstić information content (AvgIpc) is 2.67. The van der Waals surface area contributed by atoms with Crippen molar-refractivity contribution in [3.05, 3.63) is 68.7 Å². The van der Waals surface area contributed by atoms with Crippen LogP contribution in [0.25, 0.3) is 0 Å². The molecule has 0 aromatic heterocycles. The summed E-state index contributed by atoms with van der Waals surface area (Å²) in [5.74, 6) is 0.314. The van der Waals surface area contributed by atoms with Gasteiger partial charge in [0.15, 0.2) is 0 Å². The van der Waals surface area contributed by atoms with Crippen molar-refractivity contribution in [2.75, 3.05) is 0 Å². The fourth-order valence-electron chi connectivity index (χ4n) is 3.47. The van der Waals surface area contributed by atoms with Crippen LogP contribution in [0.1, 0.15) is 55.1 Å². The zero-order valence-corrected chi connectivity index (χ0v) is 16.0. The van der Waals surface area contributed by atoms with Gasteiger partial charge in [0.2, 0.25) is 0 Å². The molecule has 1 aliphatic rings. The molecule has 0 bridgehead atoms. The molecule has 3 rings (SSSR count). The van der Waals surface area contributed by atoms with Crippen LogP contribution < -0.4 is 10.1 Å². The number of fused-ring (bicyclic) bond motifs is 1. The van der Waals surface area contributed by atoms with Gasteiger partial charge in [-0.2, -0.15) is 0 Å². The van der Waals surface area contributed by atoms with E-state index in [-0.39, 0.29) is 27.9 Å². The lowest BCUT2D eigenvalue weighted by molar-refractivity contribution is -0.384. The van der Waals surface area contributed by atoms with Gasteiger partial charge in [-0.3, -0.25) is 14.9 Å². The predicted octanol–water partition coefficient (Wildman–Crippen LogP) is 5.06. The summed E-state index contributed by atoms with van der Waals surface area (Å²) in [6.07, 6.45) is 2.23. The minimum absolute atomic E-state index is 0.0911. The minimum atomic E-state index is -0.546. The molecule has 2 aromatic carbocycles. The van der Waals surface area contributed by atoms with Gasteiger partial charge in [-0.1, -0.05) is 43.6 Å². The van der Waals surface area contributed by atoms with E-state index in [9.17, 15) is 14.9 Å². The number of nitro benzene ring substituents is 1. The first-order chi connectivity index (χ1) is 12.9. The summed E-state index contributed by atoms with van der Waals surface area (Å²) in [6, 6.07) is 11.2. The molecule has 0 aliphatic carbocycles. The Morgan fingerprint density at radius 2 is 2.00 bits per heavy atom. The zero-order valence-electron chi connectivity index (χ0n) is 15.2. The minimum Gasteiger partial charge on any atom is -0.487 e. The molecule has 27 heavy (non-hydrogen) atoms. The molecule has 0 fully saturated rings. The van der Waals surface area contributed by atoms with Gasteiger partial charge in [0.05, 0.1) is 21.6 Å². The van der Waals surface area contributed by atoms with Crippen LogP contribution in [0.2, 0.25) is 5.02 Å². The Kier molecular flexibility index (Phi) is 5.37. The summed E-state index contributed by atoms with van der Waals surface area (Å²) < 4.78 is 6.24. The number of benzene rings is 2. The molecule has 0 saturated heterocycles. The number of carbonyl (C=O) groups is 1. The highest BCUT2D eigenvalue weighted by Gasteiger charge is 2.39. The third-order valence-corrected chi connectivity index (χ3v) is 5.53. The number of para-hydroxylation sites is 1. The highest BCUT2D eigenvalue weighted by Crippen LogP contribution is 2.42. The largest absolute Gasteiger partial charge is 0.487 e. The Morgan fingerprint density at radius 1 is 1.30 bits per heavy atom. The Morgan fingerprint density at radius 3 is 2.67 bits per heavy atom. The molecule has 7 heteroatoms. The van der Waals surface area contributed by atoms with E-state index in [1.54, 1.807) is 0 Å². The van der Waals surface area contributed by atoms with Gasteiger partial charge in [-0.05, 0) is 25.0 Å². The van der Waals surface area contributed by atoms with E-state index in [0.717, 1.165) is 24.2 Å². The van der Waals surface area contributed by atoms with Crippen molar-refractivity contribution in [1.82, 2.24) is 5.32 Å². The van der Waals surface area contributed by atoms with E-state index in [1.807, 2.05) is 24.3 Å². The molecule has 1 heterocycles. The molecule has 1 N–H and O–H groups in total. The second-order valence-electron chi connectivity index (χ2n) is 6.68. The standard InChI is InChI=1S/C20H21ClN2O4/c1-3-20(4-2)12-17(14-7-5-6-8-18(14)27-20)22-19(24)15-11-13(23(25)26)9-10-16(15)21/h5-11,17H,3-4,12H2,1-2H3,(H,22,24)/t17-/m0/s1. The number of carbonyl (C=O) groups excluding carboxylic acids is 1. The van der Waals surface area contributed by atoms with E-state index < -0.39 is 10.8 Å². The SMILES string of the molecule is CCC1(CC)C[C@H](NC(=O)c2cc([N+](=O)[O-])ccc2Cl)c2ccccc2O1. The second kappa shape index (κ2) is 7.56. The summed E-state index contributed by atoms with van der Waals surface area (Å²) in [6.45, 7) is 4.13. The Labute approximate surface area is 162 Å². The molecule has 6 nitrogen and oxygen atoms in total. The predicted molar refractivity (Wildman–Crippen MR) is 103 cm³/mol. The molecule has 1 atom stereocenters. The molecule has 142 valence electrons. The summed E-state index contributed by atoms with van der Waals surface area (Å²) in [5.41, 5.74) is 0.449. The number of non-ortho nitro benzene ring substituents is 1. The molecule has 0 radical (unpaired) electrons. The van der Waals surface area contributed by atoms with Gasteiger partial charge in [0, 0.05) is 24.1 Å². The van der Waals surface area contributed by atoms with E-state index in [1.165, 1.54) is 18.2 Å². The molecule has 0 unspecified atom stereocenters. The molecular formula is C20H21ClN2O4. The fraction of sp³-hybridized carbons (Fsp3) is 0.350. The number of nitro groups is 1. The molecule has 0 spiro atoms. The first kappa shape index (κ1) is 19.2. The molecule has 0 saturated carbocycles. The van der Waals surface area contributed by atoms with Crippen molar-refractivity contribution in [1.29, 1.82) is 0 Å². The van der Waals surface area contributed by atoms with Gasteiger partial charge >= 0.3 is 0 Å². The number of nitrogens with one attached hydrogen (secondary N) is 1. The topological polar surface area (TPSA) is 81.5 Å². The first-order valence-corrected chi connectivity index (χ1v) is 9.29. The third kappa shape index (κ3) is 3.76. The maximum Gasteiger partial charge on any atom is 0.270 e. The maximum atomic E-state index is 12.8. The van der Waals surface area contributed by atoms with E-state index in [4.69, 9.17) is 16.3 Å². The highest BCUT2D eigenvalue weighted by atomic mass is 35.5. The van der Waals surface area contributed by atoms with Crippen LogP contribution in [0.4, 0.5) is 5.69 Å². The second-order valence-corrected chi connectivity index (χ2v) is 7.09. The number of hydrogen-bond acceptors (Lipinski definition) is 4. The summed E-state index contributed by atoms with van der Waals surface area (Å²) in [4.78, 5) is 23.3. The van der Waals surface area contributed by atoms with Crippen molar-refractivity contribution in [3.8, 4) is 5.75 Å². The lowest BCUT2D eigenvalue weighted by atomic mass is 9.83. The lowest BCUT2D eigenvalue weighted by Gasteiger charge is -2.41. The number of nitrogens with zero attached hydrogens (tertiary/aromatic N) is 1. The highest BCUT2D eigenvalue weighted by molar-refractivity contribution is 6.34. The van der Waals surface area contributed by atoms with E-state index in [0.29, 0.717) is 6.42 Å². The smallest absolute Gasteiger partial charge is 0.270 e. The van der Waals surface area contributed by atoms with Crippen molar-refractivity contribution >= 4 is 23.2 Å². The number of hydrogen-bond donors (Lipinski definition) is 1. The van der Waals surface area contributed by atoms with Crippen LogP contribution in [0.3, 0.4) is 0 Å². The van der Waals surface area contributed by atoms with Crippen LogP contribution in [0.15, 0.2) is 42.5 Å². The Bertz CT molecular complexity index is 880. The van der Waals surface area contributed by atoms with Gasteiger partial charge in [0.1, 0.15) is 11.4 Å². The normalized spacial score (nSPS) is 17.5. The number of amides is 1. The summed E-state index contributed by atoms with van der Waals surface area (Å²) in [5, 5.41) is 14.2. The quantitative estimate of drug-likeness (QED) is 0.573. The monoisotopic (exact) mass is 388 g/mol. The van der Waals surface area contributed by atoms with Crippen molar-refractivity contribution in [2.45, 2.75) is 44.8 Å². The number of halogens is 1.